The first-order chi connectivity index (χ1) is 8.11. The fraction of sp³-hybridized carbons (Fsp3) is 0.143. The largest absolute Gasteiger partial charge is 0.496 e. The van der Waals surface area contributed by atoms with Gasteiger partial charge in [-0.05, 0) is 37.3 Å². The molecule has 0 amide bonds. The highest BCUT2D eigenvalue weighted by Gasteiger charge is 2.10. The van der Waals surface area contributed by atoms with Crippen LogP contribution in [0, 0.1) is 12.7 Å². The zero-order chi connectivity index (χ0) is 12.4. The Morgan fingerprint density at radius 2 is 1.82 bits per heavy atom. The molecule has 0 unspecified atom stereocenters. The predicted octanol–water partition coefficient (Wildman–Crippen LogP) is 3.39. The number of rotatable bonds is 2. The van der Waals surface area contributed by atoms with E-state index in [0.717, 1.165) is 11.1 Å². The molecule has 0 fully saturated rings. The van der Waals surface area contributed by atoms with Crippen LogP contribution in [-0.2, 0) is 0 Å². The number of ether oxygens (including phenoxy) is 1. The summed E-state index contributed by atoms with van der Waals surface area (Å²) in [6.45, 7) is 1.96. The first-order valence-electron chi connectivity index (χ1n) is 5.32. The second kappa shape index (κ2) is 4.45. The Morgan fingerprint density at radius 1 is 1.06 bits per heavy atom. The second-order valence-electron chi connectivity index (χ2n) is 3.94. The van der Waals surface area contributed by atoms with Crippen molar-refractivity contribution < 1.29 is 9.13 Å². The first-order valence-corrected chi connectivity index (χ1v) is 5.32. The van der Waals surface area contributed by atoms with E-state index in [4.69, 9.17) is 10.5 Å². The number of benzene rings is 2. The normalized spacial score (nSPS) is 10.3. The fourth-order valence-electron chi connectivity index (χ4n) is 1.78. The highest BCUT2D eigenvalue weighted by atomic mass is 19.1. The highest BCUT2D eigenvalue weighted by molar-refractivity contribution is 5.73. The van der Waals surface area contributed by atoms with E-state index in [1.165, 1.54) is 6.07 Å². The van der Waals surface area contributed by atoms with E-state index >= 15 is 0 Å². The van der Waals surface area contributed by atoms with E-state index in [2.05, 4.69) is 0 Å². The van der Waals surface area contributed by atoms with E-state index in [-0.39, 0.29) is 5.82 Å². The maximum Gasteiger partial charge on any atom is 0.133 e. The van der Waals surface area contributed by atoms with Gasteiger partial charge in [0.05, 0.1) is 7.11 Å². The van der Waals surface area contributed by atoms with Gasteiger partial charge in [-0.25, -0.2) is 4.39 Å². The number of hydrogen-bond acceptors (Lipinski definition) is 2. The lowest BCUT2D eigenvalue weighted by Gasteiger charge is -2.10. The second-order valence-corrected chi connectivity index (χ2v) is 3.94. The zero-order valence-corrected chi connectivity index (χ0v) is 9.83. The van der Waals surface area contributed by atoms with Crippen LogP contribution in [-0.4, -0.2) is 7.11 Å². The molecular weight excluding hydrogens is 217 g/mol. The van der Waals surface area contributed by atoms with Crippen molar-refractivity contribution in [2.45, 2.75) is 6.92 Å². The Balaban J connectivity index is 2.62. The smallest absolute Gasteiger partial charge is 0.133 e. The molecule has 0 saturated heterocycles. The molecule has 0 saturated carbocycles. The molecule has 0 aliphatic rings. The molecule has 0 radical (unpaired) electrons. The minimum absolute atomic E-state index is 0.339. The van der Waals surface area contributed by atoms with Gasteiger partial charge in [0.25, 0.3) is 0 Å². The molecule has 2 rings (SSSR count). The molecule has 2 N–H and O–H groups in total. The number of nitrogen functional groups attached to an aromatic ring is 1. The Labute approximate surface area is 99.8 Å². The Kier molecular flexibility index (Phi) is 3.00. The number of hydrogen-bond donors (Lipinski definition) is 1. The number of aryl methyl sites for hydroxylation is 1. The maximum atomic E-state index is 13.8. The number of anilines is 1. The summed E-state index contributed by atoms with van der Waals surface area (Å²) in [6, 6.07) is 10.3. The van der Waals surface area contributed by atoms with E-state index in [1.807, 2.05) is 25.1 Å². The fourth-order valence-corrected chi connectivity index (χ4v) is 1.78. The summed E-state index contributed by atoms with van der Waals surface area (Å²) < 4.78 is 19.1. The quantitative estimate of drug-likeness (QED) is 0.804. The standard InChI is InChI=1S/C14H14FNO/c1-9-3-6-14(17-2)12(7-9)11-5-4-10(16)8-13(11)15/h3-8H,16H2,1-2H3. The first kappa shape index (κ1) is 11.5. The van der Waals surface area contributed by atoms with Crippen molar-refractivity contribution in [1.82, 2.24) is 0 Å². The summed E-state index contributed by atoms with van der Waals surface area (Å²) in [6.07, 6.45) is 0. The van der Waals surface area contributed by atoms with Crippen molar-refractivity contribution in [1.29, 1.82) is 0 Å². The topological polar surface area (TPSA) is 35.2 Å². The summed E-state index contributed by atoms with van der Waals surface area (Å²) in [5.74, 6) is 0.313. The molecule has 0 heterocycles. The SMILES string of the molecule is COc1ccc(C)cc1-c1ccc(N)cc1F. The van der Waals surface area contributed by atoms with Crippen LogP contribution < -0.4 is 10.5 Å². The van der Waals surface area contributed by atoms with Crippen molar-refractivity contribution in [3.8, 4) is 16.9 Å². The van der Waals surface area contributed by atoms with Gasteiger partial charge < -0.3 is 10.5 Å². The molecule has 0 spiro atoms. The third-order valence-corrected chi connectivity index (χ3v) is 2.64. The van der Waals surface area contributed by atoms with Gasteiger partial charge in [0.1, 0.15) is 11.6 Å². The summed E-state index contributed by atoms with van der Waals surface area (Å²) in [5, 5.41) is 0. The molecular formula is C14H14FNO. The van der Waals surface area contributed by atoms with Crippen LogP contribution in [0.25, 0.3) is 11.1 Å². The van der Waals surface area contributed by atoms with Crippen molar-refractivity contribution >= 4 is 5.69 Å². The third kappa shape index (κ3) is 2.23. The number of nitrogens with two attached hydrogens (primary N) is 1. The molecule has 2 aromatic carbocycles. The van der Waals surface area contributed by atoms with E-state index in [1.54, 1.807) is 19.2 Å². The van der Waals surface area contributed by atoms with Gasteiger partial charge in [-0.15, -0.1) is 0 Å². The summed E-state index contributed by atoms with van der Waals surface area (Å²) in [4.78, 5) is 0. The van der Waals surface area contributed by atoms with E-state index in [9.17, 15) is 4.39 Å². The van der Waals surface area contributed by atoms with Crippen LogP contribution in [0.4, 0.5) is 10.1 Å². The Bertz CT molecular complexity index is 552. The van der Waals surface area contributed by atoms with Crippen molar-refractivity contribution in [3.63, 3.8) is 0 Å². The molecule has 0 aliphatic heterocycles. The van der Waals surface area contributed by atoms with Crippen molar-refractivity contribution in [2.24, 2.45) is 0 Å². The molecule has 88 valence electrons. The molecule has 0 aliphatic carbocycles. The van der Waals surface area contributed by atoms with Crippen molar-refractivity contribution in [3.05, 3.63) is 47.8 Å². The predicted molar refractivity (Wildman–Crippen MR) is 67.5 cm³/mol. The monoisotopic (exact) mass is 231 g/mol. The molecule has 0 aromatic heterocycles. The molecule has 2 aromatic rings. The maximum absolute atomic E-state index is 13.8. The molecule has 0 bridgehead atoms. The van der Waals surface area contributed by atoms with Crippen molar-refractivity contribution in [2.75, 3.05) is 12.8 Å². The van der Waals surface area contributed by atoms with Crippen LogP contribution in [0.2, 0.25) is 0 Å². The van der Waals surface area contributed by atoms with Crippen LogP contribution in [0.1, 0.15) is 5.56 Å². The zero-order valence-electron chi connectivity index (χ0n) is 9.83. The van der Waals surface area contributed by atoms with E-state index < -0.39 is 0 Å². The lowest BCUT2D eigenvalue weighted by Crippen LogP contribution is -1.93. The van der Waals surface area contributed by atoms with Gasteiger partial charge in [-0.1, -0.05) is 11.6 Å². The summed E-state index contributed by atoms with van der Waals surface area (Å²) in [7, 11) is 1.57. The summed E-state index contributed by atoms with van der Waals surface area (Å²) in [5.41, 5.74) is 8.24. The molecule has 3 heteroatoms. The van der Waals surface area contributed by atoms with Crippen LogP contribution in [0.5, 0.6) is 5.75 Å². The highest BCUT2D eigenvalue weighted by Crippen LogP contribution is 2.33. The lowest BCUT2D eigenvalue weighted by atomic mass is 10.0. The lowest BCUT2D eigenvalue weighted by molar-refractivity contribution is 0.416. The van der Waals surface area contributed by atoms with Crippen LogP contribution in [0.15, 0.2) is 36.4 Å². The number of halogens is 1. The van der Waals surface area contributed by atoms with Gasteiger partial charge in [-0.2, -0.15) is 0 Å². The van der Waals surface area contributed by atoms with Gasteiger partial charge in [-0.3, -0.25) is 0 Å². The van der Waals surface area contributed by atoms with Crippen LogP contribution >= 0.6 is 0 Å². The van der Waals surface area contributed by atoms with E-state index in [0.29, 0.717) is 17.0 Å². The average molecular weight is 231 g/mol. The van der Waals surface area contributed by atoms with Crippen LogP contribution in [0.3, 0.4) is 0 Å². The van der Waals surface area contributed by atoms with Gasteiger partial charge in [0.2, 0.25) is 0 Å². The van der Waals surface area contributed by atoms with Gasteiger partial charge in [0.15, 0.2) is 0 Å². The Hall–Kier alpha value is -2.03. The minimum atomic E-state index is -0.339. The van der Waals surface area contributed by atoms with Gasteiger partial charge in [0, 0.05) is 16.8 Å². The Morgan fingerprint density at radius 3 is 2.47 bits per heavy atom. The average Bonchev–Trinajstić information content (AvgIpc) is 2.29. The third-order valence-electron chi connectivity index (χ3n) is 2.64. The summed E-state index contributed by atoms with van der Waals surface area (Å²) >= 11 is 0. The molecule has 2 nitrogen and oxygen atoms in total. The number of methoxy groups -OCH3 is 1. The molecule has 0 atom stereocenters. The molecule has 17 heavy (non-hydrogen) atoms. The minimum Gasteiger partial charge on any atom is -0.496 e. The van der Waals surface area contributed by atoms with Gasteiger partial charge >= 0.3 is 0 Å².